The Kier molecular flexibility index (Phi) is 11.8. The molecule has 2 rings (SSSR count). The van der Waals surface area contributed by atoms with Gasteiger partial charge in [0.05, 0.1) is 28.4 Å². The number of hydrogen-bond acceptors (Lipinski definition) is 10. The summed E-state index contributed by atoms with van der Waals surface area (Å²) in [6.07, 6.45) is 3.48. The monoisotopic (exact) mass is 482 g/mol. The van der Waals surface area contributed by atoms with E-state index in [0.29, 0.717) is 36.1 Å². The third-order valence-corrected chi connectivity index (χ3v) is 5.44. The zero-order valence-corrected chi connectivity index (χ0v) is 21.1. The van der Waals surface area contributed by atoms with E-state index in [1.54, 1.807) is 53.0 Å². The molecule has 0 aromatic carbocycles. The predicted molar refractivity (Wildman–Crippen MR) is 133 cm³/mol. The van der Waals surface area contributed by atoms with Gasteiger partial charge in [0, 0.05) is 75.3 Å². The third kappa shape index (κ3) is 7.33. The molecular weight excluding hydrogens is 448 g/mol. The number of methoxy groups -OCH3 is 4. The molecule has 0 unspecified atom stereocenters. The molecule has 0 amide bonds. The Morgan fingerprint density at radius 3 is 1.38 bits per heavy atom. The summed E-state index contributed by atoms with van der Waals surface area (Å²) >= 11 is 8.89. The quantitative estimate of drug-likeness (QED) is 0.376. The van der Waals surface area contributed by atoms with Gasteiger partial charge >= 0.3 is 0 Å². The predicted octanol–water partition coefficient (Wildman–Crippen LogP) is 2.67. The summed E-state index contributed by atoms with van der Waals surface area (Å²) in [6.45, 7) is 4.55. The van der Waals surface area contributed by atoms with Gasteiger partial charge in [-0.3, -0.25) is 19.8 Å². The number of ether oxygens (including phenoxy) is 4. The zero-order chi connectivity index (χ0) is 23.3. The van der Waals surface area contributed by atoms with Crippen LogP contribution in [0.1, 0.15) is 11.4 Å². The summed E-state index contributed by atoms with van der Waals surface area (Å²) in [7, 11) is 6.52. The van der Waals surface area contributed by atoms with E-state index < -0.39 is 0 Å². The van der Waals surface area contributed by atoms with E-state index in [1.807, 2.05) is 0 Å². The number of rotatable bonds is 15. The van der Waals surface area contributed by atoms with Crippen LogP contribution in [0.2, 0.25) is 0 Å². The molecule has 0 aliphatic rings. The van der Waals surface area contributed by atoms with E-state index in [9.17, 15) is 0 Å². The molecule has 32 heavy (non-hydrogen) atoms. The van der Waals surface area contributed by atoms with Gasteiger partial charge in [0.2, 0.25) is 0 Å². The fourth-order valence-corrected chi connectivity index (χ4v) is 4.02. The molecule has 10 heteroatoms. The summed E-state index contributed by atoms with van der Waals surface area (Å²) in [6, 6.07) is 3.60. The van der Waals surface area contributed by atoms with E-state index in [0.717, 1.165) is 49.1 Å². The van der Waals surface area contributed by atoms with Gasteiger partial charge < -0.3 is 18.9 Å². The van der Waals surface area contributed by atoms with Crippen molar-refractivity contribution in [1.82, 2.24) is 19.8 Å². The van der Waals surface area contributed by atoms with Crippen LogP contribution in [0.15, 0.2) is 24.5 Å². The van der Waals surface area contributed by atoms with Crippen molar-refractivity contribution in [2.75, 3.05) is 66.1 Å². The number of aromatic nitrogens is 2. The molecule has 0 saturated heterocycles. The molecule has 2 aromatic rings. The van der Waals surface area contributed by atoms with Crippen molar-refractivity contribution >= 4 is 25.3 Å². The molecule has 0 fully saturated rings. The number of nitrogens with zero attached hydrogens (tertiary/aromatic N) is 4. The molecule has 2 heterocycles. The number of pyridine rings is 2. The highest BCUT2D eigenvalue weighted by atomic mass is 32.1. The highest BCUT2D eigenvalue weighted by Crippen LogP contribution is 2.31. The Morgan fingerprint density at radius 2 is 1.06 bits per heavy atom. The molecule has 0 radical (unpaired) electrons. The van der Waals surface area contributed by atoms with Crippen molar-refractivity contribution in [3.63, 3.8) is 0 Å². The minimum Gasteiger partial charge on any atom is -0.493 e. The maximum Gasteiger partial charge on any atom is 0.183 e. The second-order valence-corrected chi connectivity index (χ2v) is 7.88. The minimum absolute atomic E-state index is 0.635. The third-order valence-electron chi connectivity index (χ3n) is 5.04. The first kappa shape index (κ1) is 26.4. The van der Waals surface area contributed by atoms with Gasteiger partial charge in [-0.1, -0.05) is 0 Å². The van der Waals surface area contributed by atoms with Gasteiger partial charge in [-0.25, -0.2) is 0 Å². The van der Waals surface area contributed by atoms with Crippen LogP contribution >= 0.6 is 25.3 Å². The maximum atomic E-state index is 5.55. The van der Waals surface area contributed by atoms with Crippen LogP contribution in [-0.4, -0.2) is 85.9 Å². The summed E-state index contributed by atoms with van der Waals surface area (Å²) in [4.78, 5) is 13.6. The summed E-state index contributed by atoms with van der Waals surface area (Å²) in [5, 5.41) is 0. The smallest absolute Gasteiger partial charge is 0.183 e. The average Bonchev–Trinajstić information content (AvgIpc) is 2.82. The number of thiol groups is 2. The first-order valence-electron chi connectivity index (χ1n) is 10.4. The highest BCUT2D eigenvalue weighted by Gasteiger charge is 2.18. The van der Waals surface area contributed by atoms with Crippen molar-refractivity contribution < 1.29 is 18.9 Å². The summed E-state index contributed by atoms with van der Waals surface area (Å²) < 4.78 is 21.9. The van der Waals surface area contributed by atoms with Gasteiger partial charge in [0.25, 0.3) is 0 Å². The van der Waals surface area contributed by atoms with E-state index in [2.05, 4.69) is 45.0 Å². The van der Waals surface area contributed by atoms with Crippen LogP contribution in [-0.2, 0) is 13.1 Å². The first-order chi connectivity index (χ1) is 15.6. The van der Waals surface area contributed by atoms with E-state index in [-0.39, 0.29) is 0 Å². The summed E-state index contributed by atoms with van der Waals surface area (Å²) in [5.41, 5.74) is 1.68. The largest absolute Gasteiger partial charge is 0.493 e. The van der Waals surface area contributed by atoms with Crippen molar-refractivity contribution in [3.05, 3.63) is 35.9 Å². The second kappa shape index (κ2) is 14.3. The standard InChI is InChI=1S/C22H34N4O4S2/c1-27-19-5-7-23-17(21(19)29-3)15-25(11-13-31)9-10-26(12-14-32)16-18-22(30-4)20(28-2)6-8-24-18/h5-8,31-32H,9-16H2,1-4H3. The van der Waals surface area contributed by atoms with Gasteiger partial charge in [-0.15, -0.1) is 0 Å². The average molecular weight is 483 g/mol. The molecule has 2 aromatic heterocycles. The van der Waals surface area contributed by atoms with Crippen LogP contribution in [0.3, 0.4) is 0 Å². The van der Waals surface area contributed by atoms with Crippen LogP contribution in [0.5, 0.6) is 23.0 Å². The maximum absolute atomic E-state index is 5.55. The first-order valence-corrected chi connectivity index (χ1v) is 11.7. The molecule has 0 atom stereocenters. The highest BCUT2D eigenvalue weighted by molar-refractivity contribution is 7.80. The van der Waals surface area contributed by atoms with Crippen LogP contribution in [0.4, 0.5) is 0 Å². The Labute approximate surface area is 202 Å². The van der Waals surface area contributed by atoms with Crippen molar-refractivity contribution in [1.29, 1.82) is 0 Å². The van der Waals surface area contributed by atoms with Crippen LogP contribution < -0.4 is 18.9 Å². The van der Waals surface area contributed by atoms with Crippen molar-refractivity contribution in [2.45, 2.75) is 13.1 Å². The molecule has 0 aliphatic heterocycles. The topological polar surface area (TPSA) is 69.2 Å². The second-order valence-electron chi connectivity index (χ2n) is 6.99. The molecule has 0 spiro atoms. The molecule has 0 N–H and O–H groups in total. The lowest BCUT2D eigenvalue weighted by atomic mass is 10.2. The van der Waals surface area contributed by atoms with Gasteiger partial charge in [-0.05, 0) is 0 Å². The molecule has 0 bridgehead atoms. The zero-order valence-electron chi connectivity index (χ0n) is 19.3. The Balaban J connectivity index is 2.12. The summed E-state index contributed by atoms with van der Waals surface area (Å²) in [5.74, 6) is 4.16. The van der Waals surface area contributed by atoms with Crippen LogP contribution in [0.25, 0.3) is 0 Å². The fourth-order valence-electron chi connectivity index (χ4n) is 3.46. The molecule has 0 aliphatic carbocycles. The lowest BCUT2D eigenvalue weighted by Gasteiger charge is -2.27. The Morgan fingerprint density at radius 1 is 0.656 bits per heavy atom. The fraction of sp³-hybridized carbons (Fsp3) is 0.545. The lowest BCUT2D eigenvalue weighted by Crippen LogP contribution is -2.37. The van der Waals surface area contributed by atoms with Crippen molar-refractivity contribution in [3.8, 4) is 23.0 Å². The number of hydrogen-bond donors (Lipinski definition) is 2. The van der Waals surface area contributed by atoms with Gasteiger partial charge in [0.1, 0.15) is 11.4 Å². The van der Waals surface area contributed by atoms with Crippen molar-refractivity contribution in [2.24, 2.45) is 0 Å². The lowest BCUT2D eigenvalue weighted by molar-refractivity contribution is 0.200. The van der Waals surface area contributed by atoms with E-state index >= 15 is 0 Å². The van der Waals surface area contributed by atoms with Crippen LogP contribution in [0, 0.1) is 0 Å². The normalized spacial score (nSPS) is 11.1. The molecule has 8 nitrogen and oxygen atoms in total. The van der Waals surface area contributed by atoms with E-state index in [4.69, 9.17) is 18.9 Å². The molecule has 178 valence electrons. The Hall–Kier alpha value is -1.88. The minimum atomic E-state index is 0.635. The molecule has 0 saturated carbocycles. The Bertz CT molecular complexity index is 761. The molecular formula is C22H34N4O4S2. The van der Waals surface area contributed by atoms with Gasteiger partial charge in [-0.2, -0.15) is 25.3 Å². The van der Waals surface area contributed by atoms with E-state index in [1.165, 1.54) is 0 Å². The SMILES string of the molecule is COc1ccnc(CN(CCS)CCN(CCS)Cc2nccc(OC)c2OC)c1OC. The van der Waals surface area contributed by atoms with Gasteiger partial charge in [0.15, 0.2) is 23.0 Å².